The van der Waals surface area contributed by atoms with Crippen molar-refractivity contribution in [2.45, 2.75) is 20.0 Å². The molecule has 0 aliphatic carbocycles. The Labute approximate surface area is 128 Å². The number of benzene rings is 1. The fourth-order valence-electron chi connectivity index (χ4n) is 1.65. The first-order valence-corrected chi connectivity index (χ1v) is 7.23. The molecule has 2 aromatic rings. The molecule has 3 nitrogen and oxygen atoms in total. The van der Waals surface area contributed by atoms with Crippen LogP contribution in [0.5, 0.6) is 5.75 Å². The van der Waals surface area contributed by atoms with Crippen molar-refractivity contribution in [1.29, 1.82) is 0 Å². The van der Waals surface area contributed by atoms with Gasteiger partial charge in [0.1, 0.15) is 18.2 Å². The van der Waals surface area contributed by atoms with Crippen molar-refractivity contribution in [2.75, 3.05) is 11.9 Å². The number of para-hydroxylation sites is 1. The van der Waals surface area contributed by atoms with Crippen LogP contribution in [0.3, 0.4) is 0 Å². The maximum atomic E-state index is 6.13. The highest BCUT2D eigenvalue weighted by Crippen LogP contribution is 2.25. The quantitative estimate of drug-likeness (QED) is 0.833. The molecule has 5 heteroatoms. The summed E-state index contributed by atoms with van der Waals surface area (Å²) in [5.74, 6) is 1.42. The molecule has 106 valence electrons. The number of anilines is 1. The molecule has 0 atom stereocenters. The molecule has 1 heterocycles. The van der Waals surface area contributed by atoms with Crippen molar-refractivity contribution in [3.8, 4) is 5.75 Å². The second-order valence-electron chi connectivity index (χ2n) is 4.27. The Balaban J connectivity index is 2.07. The van der Waals surface area contributed by atoms with E-state index in [2.05, 4.69) is 17.2 Å². The second-order valence-corrected chi connectivity index (χ2v) is 5.09. The second kappa shape index (κ2) is 7.36. The van der Waals surface area contributed by atoms with E-state index in [0.717, 1.165) is 18.8 Å². The molecule has 0 saturated carbocycles. The molecule has 2 rings (SSSR count). The summed E-state index contributed by atoms with van der Waals surface area (Å²) in [5.41, 5.74) is 0.688. The number of hydrogen-bond donors (Lipinski definition) is 1. The monoisotopic (exact) mass is 310 g/mol. The van der Waals surface area contributed by atoms with Gasteiger partial charge >= 0.3 is 0 Å². The van der Waals surface area contributed by atoms with E-state index in [1.807, 2.05) is 30.3 Å². The molecule has 0 radical (unpaired) electrons. The zero-order valence-electron chi connectivity index (χ0n) is 11.2. The Morgan fingerprint density at radius 2 is 1.90 bits per heavy atom. The van der Waals surface area contributed by atoms with Crippen molar-refractivity contribution in [2.24, 2.45) is 0 Å². The molecule has 20 heavy (non-hydrogen) atoms. The normalized spacial score (nSPS) is 10.3. The zero-order valence-corrected chi connectivity index (χ0v) is 12.7. The third kappa shape index (κ3) is 4.02. The minimum absolute atomic E-state index is 0.282. The van der Waals surface area contributed by atoms with Gasteiger partial charge in [0, 0.05) is 6.54 Å². The Morgan fingerprint density at radius 1 is 1.10 bits per heavy atom. The molecule has 0 aliphatic heterocycles. The zero-order chi connectivity index (χ0) is 14.4. The van der Waals surface area contributed by atoms with Crippen LogP contribution in [0.2, 0.25) is 10.0 Å². The number of hydrogen-bond acceptors (Lipinski definition) is 3. The van der Waals surface area contributed by atoms with Crippen LogP contribution in [0.15, 0.2) is 36.4 Å². The van der Waals surface area contributed by atoms with E-state index in [1.165, 1.54) is 0 Å². The Kier molecular flexibility index (Phi) is 5.50. The van der Waals surface area contributed by atoms with Gasteiger partial charge in [-0.3, -0.25) is 0 Å². The minimum Gasteiger partial charge on any atom is -0.486 e. The first kappa shape index (κ1) is 14.9. The predicted octanol–water partition coefficient (Wildman–Crippen LogP) is 4.79. The number of halogens is 2. The summed E-state index contributed by atoms with van der Waals surface area (Å²) in [4.78, 5) is 4.44. The van der Waals surface area contributed by atoms with Gasteiger partial charge in [-0.15, -0.1) is 0 Å². The van der Waals surface area contributed by atoms with Crippen molar-refractivity contribution in [1.82, 2.24) is 4.98 Å². The van der Waals surface area contributed by atoms with E-state index in [9.17, 15) is 0 Å². The summed E-state index contributed by atoms with van der Waals surface area (Å²) < 4.78 is 5.66. The summed E-state index contributed by atoms with van der Waals surface area (Å²) in [6.07, 6.45) is 1.04. The van der Waals surface area contributed by atoms with Crippen LogP contribution in [-0.2, 0) is 6.61 Å². The van der Waals surface area contributed by atoms with Gasteiger partial charge < -0.3 is 10.1 Å². The molecule has 0 unspecified atom stereocenters. The number of aromatic nitrogens is 1. The van der Waals surface area contributed by atoms with Crippen LogP contribution < -0.4 is 10.1 Å². The van der Waals surface area contributed by atoms with E-state index >= 15 is 0 Å². The van der Waals surface area contributed by atoms with Gasteiger partial charge in [-0.05, 0) is 30.7 Å². The molecule has 1 aromatic heterocycles. The van der Waals surface area contributed by atoms with Crippen molar-refractivity contribution in [3.05, 3.63) is 52.1 Å². The lowest BCUT2D eigenvalue weighted by atomic mass is 10.3. The van der Waals surface area contributed by atoms with Crippen LogP contribution >= 0.6 is 23.2 Å². The highest BCUT2D eigenvalue weighted by atomic mass is 35.5. The van der Waals surface area contributed by atoms with E-state index in [-0.39, 0.29) is 6.61 Å². The van der Waals surface area contributed by atoms with Crippen LogP contribution in [0.25, 0.3) is 0 Å². The van der Waals surface area contributed by atoms with Gasteiger partial charge in [0.15, 0.2) is 0 Å². The van der Waals surface area contributed by atoms with Crippen LogP contribution in [0.4, 0.5) is 5.82 Å². The molecule has 0 fully saturated rings. The summed E-state index contributed by atoms with van der Waals surface area (Å²) in [7, 11) is 0. The van der Waals surface area contributed by atoms with Crippen LogP contribution in [-0.4, -0.2) is 11.5 Å². The lowest BCUT2D eigenvalue weighted by molar-refractivity contribution is 0.302. The summed E-state index contributed by atoms with van der Waals surface area (Å²) in [6, 6.07) is 11.0. The summed E-state index contributed by atoms with van der Waals surface area (Å²) in [6.45, 7) is 3.26. The van der Waals surface area contributed by atoms with E-state index in [4.69, 9.17) is 27.9 Å². The van der Waals surface area contributed by atoms with E-state index in [0.29, 0.717) is 21.5 Å². The maximum absolute atomic E-state index is 6.13. The van der Waals surface area contributed by atoms with Gasteiger partial charge in [-0.25, -0.2) is 4.98 Å². The van der Waals surface area contributed by atoms with Gasteiger partial charge in [0.2, 0.25) is 0 Å². The number of nitrogens with zero attached hydrogens (tertiary/aromatic N) is 1. The smallest absolute Gasteiger partial charge is 0.138 e. The standard InChI is InChI=1S/C15H16Cl2N2O/c1-2-9-18-15-8-7-11(16)13(19-15)10-20-14-6-4-3-5-12(14)17/h3-8H,2,9-10H2,1H3,(H,18,19). The minimum atomic E-state index is 0.282. The lowest BCUT2D eigenvalue weighted by Crippen LogP contribution is -2.05. The van der Waals surface area contributed by atoms with Gasteiger partial charge in [-0.2, -0.15) is 0 Å². The average Bonchev–Trinajstić information content (AvgIpc) is 2.46. The number of nitrogens with one attached hydrogen (secondary N) is 1. The van der Waals surface area contributed by atoms with Gasteiger partial charge in [-0.1, -0.05) is 42.3 Å². The van der Waals surface area contributed by atoms with Gasteiger partial charge in [0.05, 0.1) is 15.7 Å². The fraction of sp³-hybridized carbons (Fsp3) is 0.267. The first-order valence-electron chi connectivity index (χ1n) is 6.47. The first-order chi connectivity index (χ1) is 9.70. The summed E-state index contributed by atoms with van der Waals surface area (Å²) in [5, 5.41) is 4.38. The maximum Gasteiger partial charge on any atom is 0.138 e. The van der Waals surface area contributed by atoms with E-state index in [1.54, 1.807) is 6.07 Å². The highest BCUT2D eigenvalue weighted by Gasteiger charge is 2.06. The number of rotatable bonds is 6. The number of ether oxygens (including phenoxy) is 1. The largest absolute Gasteiger partial charge is 0.486 e. The average molecular weight is 311 g/mol. The molecule has 0 saturated heterocycles. The molecular weight excluding hydrogens is 295 g/mol. The predicted molar refractivity (Wildman–Crippen MR) is 83.8 cm³/mol. The van der Waals surface area contributed by atoms with Crippen molar-refractivity contribution in [3.63, 3.8) is 0 Å². The molecular formula is C15H16Cl2N2O. The molecule has 1 aromatic carbocycles. The van der Waals surface area contributed by atoms with Crippen LogP contribution in [0, 0.1) is 0 Å². The molecule has 0 bridgehead atoms. The molecule has 1 N–H and O–H groups in total. The SMILES string of the molecule is CCCNc1ccc(Cl)c(COc2ccccc2Cl)n1. The van der Waals surface area contributed by atoms with Gasteiger partial charge in [0.25, 0.3) is 0 Å². The molecule has 0 aliphatic rings. The molecule has 0 amide bonds. The Morgan fingerprint density at radius 3 is 2.65 bits per heavy atom. The topological polar surface area (TPSA) is 34.1 Å². The summed E-state index contributed by atoms with van der Waals surface area (Å²) >= 11 is 12.2. The lowest BCUT2D eigenvalue weighted by Gasteiger charge is -2.10. The Hall–Kier alpha value is -1.45. The highest BCUT2D eigenvalue weighted by molar-refractivity contribution is 6.32. The Bertz CT molecular complexity index is 576. The van der Waals surface area contributed by atoms with E-state index < -0.39 is 0 Å². The number of pyridine rings is 1. The van der Waals surface area contributed by atoms with Crippen molar-refractivity contribution >= 4 is 29.0 Å². The fourth-order valence-corrected chi connectivity index (χ4v) is 2.00. The van der Waals surface area contributed by atoms with Crippen LogP contribution in [0.1, 0.15) is 19.0 Å². The molecule has 0 spiro atoms. The third-order valence-corrected chi connectivity index (χ3v) is 3.33. The third-order valence-electron chi connectivity index (χ3n) is 2.68. The van der Waals surface area contributed by atoms with Crippen molar-refractivity contribution < 1.29 is 4.74 Å².